The minimum absolute atomic E-state index is 0.579. The molecule has 0 aliphatic carbocycles. The standard InChI is InChI=1S/C15H18N6S/c1-20-4-6-21(7-5-20)12-9-14(16)18-11-8-13(22-15(11)12)10-2-3-17-19-10/h2-3,8-9H,4-7H2,1H3,(H2,16,18)(H,17,19). The Morgan fingerprint density at radius 2 is 2.05 bits per heavy atom. The highest BCUT2D eigenvalue weighted by Crippen LogP contribution is 2.38. The average molecular weight is 314 g/mol. The minimum atomic E-state index is 0.579. The number of hydrogen-bond acceptors (Lipinski definition) is 6. The maximum Gasteiger partial charge on any atom is 0.126 e. The van der Waals surface area contributed by atoms with Gasteiger partial charge in [0, 0.05) is 38.4 Å². The summed E-state index contributed by atoms with van der Waals surface area (Å²) < 4.78 is 1.20. The molecule has 1 aliphatic heterocycles. The van der Waals surface area contributed by atoms with Gasteiger partial charge in [0.2, 0.25) is 0 Å². The zero-order chi connectivity index (χ0) is 15.1. The number of nitrogens with two attached hydrogens (primary N) is 1. The third-order valence-electron chi connectivity index (χ3n) is 4.09. The van der Waals surface area contributed by atoms with E-state index in [-0.39, 0.29) is 0 Å². The van der Waals surface area contributed by atoms with Crippen LogP contribution in [0.25, 0.3) is 20.8 Å². The maximum absolute atomic E-state index is 6.02. The van der Waals surface area contributed by atoms with Gasteiger partial charge in [-0.25, -0.2) is 4.98 Å². The van der Waals surface area contributed by atoms with Gasteiger partial charge >= 0.3 is 0 Å². The van der Waals surface area contributed by atoms with Gasteiger partial charge in [-0.1, -0.05) is 0 Å². The van der Waals surface area contributed by atoms with Crippen LogP contribution in [0.5, 0.6) is 0 Å². The van der Waals surface area contributed by atoms with E-state index in [1.54, 1.807) is 17.5 Å². The molecule has 1 fully saturated rings. The van der Waals surface area contributed by atoms with E-state index in [0.29, 0.717) is 5.82 Å². The molecule has 4 rings (SSSR count). The van der Waals surface area contributed by atoms with E-state index in [1.165, 1.54) is 10.4 Å². The molecule has 0 unspecified atom stereocenters. The van der Waals surface area contributed by atoms with E-state index >= 15 is 0 Å². The van der Waals surface area contributed by atoms with Crippen LogP contribution in [0.2, 0.25) is 0 Å². The normalized spacial score (nSPS) is 16.5. The molecule has 0 amide bonds. The number of aromatic nitrogens is 3. The SMILES string of the molecule is CN1CCN(c2cc(N)nc3cc(-c4ccn[nH]4)sc23)CC1. The first kappa shape index (κ1) is 13.5. The van der Waals surface area contributed by atoms with Crippen molar-refractivity contribution < 1.29 is 0 Å². The molecular weight excluding hydrogens is 296 g/mol. The highest BCUT2D eigenvalue weighted by atomic mass is 32.1. The van der Waals surface area contributed by atoms with Gasteiger partial charge in [-0.3, -0.25) is 5.10 Å². The molecule has 6 nitrogen and oxygen atoms in total. The lowest BCUT2D eigenvalue weighted by atomic mass is 10.2. The third kappa shape index (κ3) is 2.32. The Balaban J connectivity index is 1.80. The summed E-state index contributed by atoms with van der Waals surface area (Å²) in [6.07, 6.45) is 1.77. The van der Waals surface area contributed by atoms with E-state index in [9.17, 15) is 0 Å². The number of aromatic amines is 1. The van der Waals surface area contributed by atoms with Gasteiger partial charge in [-0.2, -0.15) is 5.10 Å². The highest BCUT2D eigenvalue weighted by Gasteiger charge is 2.19. The molecule has 0 aromatic carbocycles. The number of rotatable bonds is 2. The molecular formula is C15H18N6S. The molecule has 3 N–H and O–H groups in total. The van der Waals surface area contributed by atoms with Crippen molar-refractivity contribution in [1.82, 2.24) is 20.1 Å². The van der Waals surface area contributed by atoms with Crippen molar-refractivity contribution in [2.45, 2.75) is 0 Å². The van der Waals surface area contributed by atoms with Crippen LogP contribution >= 0.6 is 11.3 Å². The van der Waals surface area contributed by atoms with Gasteiger partial charge in [0.25, 0.3) is 0 Å². The Morgan fingerprint density at radius 1 is 1.23 bits per heavy atom. The van der Waals surface area contributed by atoms with Gasteiger partial charge in [0.15, 0.2) is 0 Å². The monoisotopic (exact) mass is 314 g/mol. The Bertz CT molecular complexity index is 786. The van der Waals surface area contributed by atoms with Crippen molar-refractivity contribution in [3.63, 3.8) is 0 Å². The second-order valence-electron chi connectivity index (χ2n) is 5.65. The average Bonchev–Trinajstić information content (AvgIpc) is 3.15. The first-order valence-electron chi connectivity index (χ1n) is 7.34. The molecule has 0 bridgehead atoms. The number of fused-ring (bicyclic) bond motifs is 1. The summed E-state index contributed by atoms with van der Waals surface area (Å²) in [7, 11) is 2.16. The summed E-state index contributed by atoms with van der Waals surface area (Å²) in [5.41, 5.74) is 9.20. The van der Waals surface area contributed by atoms with Crippen LogP contribution in [0.4, 0.5) is 11.5 Å². The largest absolute Gasteiger partial charge is 0.384 e. The number of thiophene rings is 1. The fourth-order valence-electron chi connectivity index (χ4n) is 2.83. The quantitative estimate of drug-likeness (QED) is 0.757. The molecule has 1 saturated heterocycles. The number of hydrogen-bond donors (Lipinski definition) is 2. The predicted octanol–water partition coefficient (Wildman–Crippen LogP) is 2.02. The summed E-state index contributed by atoms with van der Waals surface area (Å²) in [4.78, 5) is 10.4. The minimum Gasteiger partial charge on any atom is -0.384 e. The molecule has 0 radical (unpaired) electrons. The topological polar surface area (TPSA) is 74.1 Å². The summed E-state index contributed by atoms with van der Waals surface area (Å²) in [5, 5.41) is 7.04. The lowest BCUT2D eigenvalue weighted by molar-refractivity contribution is 0.313. The number of piperazine rings is 1. The molecule has 114 valence electrons. The molecule has 4 heterocycles. The van der Waals surface area contributed by atoms with Crippen LogP contribution in [0, 0.1) is 0 Å². The number of nitrogens with one attached hydrogen (secondary N) is 1. The first-order valence-corrected chi connectivity index (χ1v) is 8.15. The number of nitrogens with zero attached hydrogens (tertiary/aromatic N) is 4. The molecule has 0 spiro atoms. The van der Waals surface area contributed by atoms with Crippen LogP contribution in [0.1, 0.15) is 0 Å². The second kappa shape index (κ2) is 5.26. The summed E-state index contributed by atoms with van der Waals surface area (Å²) in [6.45, 7) is 4.18. The number of H-pyrrole nitrogens is 1. The Labute approximate surface area is 132 Å². The van der Waals surface area contributed by atoms with Crippen LogP contribution in [-0.4, -0.2) is 53.3 Å². The van der Waals surface area contributed by atoms with Crippen molar-refractivity contribution in [1.29, 1.82) is 0 Å². The third-order valence-corrected chi connectivity index (χ3v) is 5.27. The van der Waals surface area contributed by atoms with E-state index < -0.39 is 0 Å². The summed E-state index contributed by atoms with van der Waals surface area (Å²) in [5.74, 6) is 0.579. The van der Waals surface area contributed by atoms with Crippen LogP contribution in [-0.2, 0) is 0 Å². The van der Waals surface area contributed by atoms with E-state index in [2.05, 4.69) is 38.1 Å². The van der Waals surface area contributed by atoms with Crippen molar-refractivity contribution in [3.8, 4) is 10.6 Å². The smallest absolute Gasteiger partial charge is 0.126 e. The molecule has 0 atom stereocenters. The second-order valence-corrected chi connectivity index (χ2v) is 6.70. The predicted molar refractivity (Wildman–Crippen MR) is 91.3 cm³/mol. The summed E-state index contributed by atoms with van der Waals surface area (Å²) in [6, 6.07) is 6.06. The Morgan fingerprint density at radius 3 is 2.77 bits per heavy atom. The van der Waals surface area contributed by atoms with E-state index in [0.717, 1.165) is 42.3 Å². The molecule has 7 heteroatoms. The van der Waals surface area contributed by atoms with E-state index in [4.69, 9.17) is 5.73 Å². The van der Waals surface area contributed by atoms with Crippen molar-refractivity contribution in [2.24, 2.45) is 0 Å². The zero-order valence-corrected chi connectivity index (χ0v) is 13.2. The number of pyridine rings is 1. The van der Waals surface area contributed by atoms with Gasteiger partial charge < -0.3 is 15.5 Å². The van der Waals surface area contributed by atoms with Crippen molar-refractivity contribution in [3.05, 3.63) is 24.4 Å². The van der Waals surface area contributed by atoms with Crippen LogP contribution < -0.4 is 10.6 Å². The first-order chi connectivity index (χ1) is 10.7. The molecule has 3 aromatic heterocycles. The number of anilines is 2. The fraction of sp³-hybridized carbons (Fsp3) is 0.333. The summed E-state index contributed by atoms with van der Waals surface area (Å²) >= 11 is 1.74. The van der Waals surface area contributed by atoms with E-state index in [1.807, 2.05) is 12.1 Å². The van der Waals surface area contributed by atoms with Crippen molar-refractivity contribution >= 4 is 33.1 Å². The van der Waals surface area contributed by atoms with Gasteiger partial charge in [0.1, 0.15) is 5.82 Å². The highest BCUT2D eigenvalue weighted by molar-refractivity contribution is 7.22. The van der Waals surface area contributed by atoms with Gasteiger partial charge in [0.05, 0.1) is 26.5 Å². The molecule has 22 heavy (non-hydrogen) atoms. The van der Waals surface area contributed by atoms with Gasteiger partial charge in [-0.15, -0.1) is 11.3 Å². The lowest BCUT2D eigenvalue weighted by Gasteiger charge is -2.34. The van der Waals surface area contributed by atoms with Gasteiger partial charge in [-0.05, 0) is 19.2 Å². The maximum atomic E-state index is 6.02. The molecule has 1 aliphatic rings. The number of nitrogen functional groups attached to an aromatic ring is 1. The fourth-order valence-corrected chi connectivity index (χ4v) is 3.95. The van der Waals surface area contributed by atoms with Crippen LogP contribution in [0.3, 0.4) is 0 Å². The Kier molecular flexibility index (Phi) is 3.24. The van der Waals surface area contributed by atoms with Crippen LogP contribution in [0.15, 0.2) is 24.4 Å². The number of likely N-dealkylation sites (N-methyl/N-ethyl adjacent to an activating group) is 1. The Hall–Kier alpha value is -2.12. The zero-order valence-electron chi connectivity index (χ0n) is 12.4. The van der Waals surface area contributed by atoms with Crippen molar-refractivity contribution in [2.75, 3.05) is 43.9 Å². The lowest BCUT2D eigenvalue weighted by Crippen LogP contribution is -2.44. The molecule has 3 aromatic rings. The molecule has 0 saturated carbocycles.